The van der Waals surface area contributed by atoms with Crippen molar-refractivity contribution in [2.75, 3.05) is 13.7 Å². The van der Waals surface area contributed by atoms with E-state index in [2.05, 4.69) is 31.5 Å². The van der Waals surface area contributed by atoms with Crippen molar-refractivity contribution in [2.24, 2.45) is 0 Å². The lowest BCUT2D eigenvalue weighted by molar-refractivity contribution is 0.191. The van der Waals surface area contributed by atoms with Crippen LogP contribution in [0.15, 0.2) is 22.7 Å². The molecule has 0 aliphatic carbocycles. The number of hydrogen-bond acceptors (Lipinski definition) is 2. The lowest BCUT2D eigenvalue weighted by Gasteiger charge is -2.10. The van der Waals surface area contributed by atoms with Crippen LogP contribution in [0.1, 0.15) is 31.0 Å². The number of methoxy groups -OCH3 is 1. The Labute approximate surface area is 127 Å². The fourth-order valence-electron chi connectivity index (χ4n) is 2.17. The van der Waals surface area contributed by atoms with E-state index in [1.54, 1.807) is 7.11 Å². The first-order valence-corrected chi connectivity index (χ1v) is 7.65. The molecule has 1 heterocycles. The van der Waals surface area contributed by atoms with Crippen molar-refractivity contribution in [1.82, 2.24) is 9.55 Å². The van der Waals surface area contributed by atoms with Crippen molar-refractivity contribution in [3.05, 3.63) is 28.5 Å². The van der Waals surface area contributed by atoms with Crippen molar-refractivity contribution < 1.29 is 4.74 Å². The molecule has 0 bridgehead atoms. The quantitative estimate of drug-likeness (QED) is 0.568. The van der Waals surface area contributed by atoms with Gasteiger partial charge in [-0.25, -0.2) is 4.98 Å². The Bertz CT molecular complexity index is 554. The van der Waals surface area contributed by atoms with E-state index in [-0.39, 0.29) is 5.38 Å². The van der Waals surface area contributed by atoms with E-state index in [0.29, 0.717) is 0 Å². The van der Waals surface area contributed by atoms with Gasteiger partial charge in [-0.05, 0) is 38.0 Å². The zero-order chi connectivity index (χ0) is 13.8. The number of imidazole rings is 1. The Morgan fingerprint density at radius 1 is 1.42 bits per heavy atom. The predicted molar refractivity (Wildman–Crippen MR) is 82.8 cm³/mol. The average molecular weight is 346 g/mol. The Morgan fingerprint density at radius 2 is 2.21 bits per heavy atom. The number of halogens is 2. The maximum Gasteiger partial charge on any atom is 0.127 e. The summed E-state index contributed by atoms with van der Waals surface area (Å²) >= 11 is 9.75. The highest BCUT2D eigenvalue weighted by molar-refractivity contribution is 9.10. The fourth-order valence-corrected chi connectivity index (χ4v) is 2.69. The summed E-state index contributed by atoms with van der Waals surface area (Å²) in [5.41, 5.74) is 2.13. The Hall–Kier alpha value is -0.580. The molecule has 0 aliphatic rings. The number of hydrogen-bond donors (Lipinski definition) is 0. The van der Waals surface area contributed by atoms with Crippen LogP contribution in [0.3, 0.4) is 0 Å². The van der Waals surface area contributed by atoms with Crippen LogP contribution in [-0.4, -0.2) is 23.3 Å². The zero-order valence-electron chi connectivity index (χ0n) is 11.2. The third-order valence-electron chi connectivity index (χ3n) is 3.08. The molecule has 0 radical (unpaired) electrons. The van der Waals surface area contributed by atoms with E-state index in [0.717, 1.165) is 47.3 Å². The Kier molecular flexibility index (Phi) is 5.25. The number of aromatic nitrogens is 2. The van der Waals surface area contributed by atoms with Gasteiger partial charge in [0.05, 0.1) is 16.4 Å². The predicted octanol–water partition coefficient (Wildman–Crippen LogP) is 4.53. The van der Waals surface area contributed by atoms with E-state index in [1.807, 2.05) is 19.1 Å². The molecule has 0 saturated carbocycles. The van der Waals surface area contributed by atoms with E-state index < -0.39 is 0 Å². The summed E-state index contributed by atoms with van der Waals surface area (Å²) in [6, 6.07) is 6.13. The second-order valence-corrected chi connectivity index (χ2v) is 6.14. The summed E-state index contributed by atoms with van der Waals surface area (Å²) in [4.78, 5) is 4.63. The molecule has 0 saturated heterocycles. The SMILES string of the molecule is COCCCCn1c(C(C)Cl)nc2ccc(Br)cc21. The van der Waals surface area contributed by atoms with Crippen LogP contribution in [0, 0.1) is 0 Å². The van der Waals surface area contributed by atoms with Gasteiger partial charge >= 0.3 is 0 Å². The van der Waals surface area contributed by atoms with Gasteiger partial charge in [0.1, 0.15) is 5.82 Å². The largest absolute Gasteiger partial charge is 0.385 e. The molecule has 104 valence electrons. The standard InChI is InChI=1S/C14H18BrClN2O/c1-10(16)14-17-12-6-5-11(15)9-13(12)18(14)7-3-4-8-19-2/h5-6,9-10H,3-4,7-8H2,1-2H3. The van der Waals surface area contributed by atoms with E-state index in [4.69, 9.17) is 16.3 Å². The van der Waals surface area contributed by atoms with Crippen molar-refractivity contribution in [1.29, 1.82) is 0 Å². The van der Waals surface area contributed by atoms with Gasteiger partial charge in [-0.3, -0.25) is 0 Å². The topological polar surface area (TPSA) is 27.1 Å². The van der Waals surface area contributed by atoms with Gasteiger partial charge in [-0.2, -0.15) is 0 Å². The molecule has 2 rings (SSSR count). The van der Waals surface area contributed by atoms with Crippen LogP contribution in [0.4, 0.5) is 0 Å². The van der Waals surface area contributed by atoms with E-state index in [9.17, 15) is 0 Å². The molecule has 1 atom stereocenters. The monoisotopic (exact) mass is 344 g/mol. The number of nitrogens with zero attached hydrogens (tertiary/aromatic N) is 2. The van der Waals surface area contributed by atoms with Gasteiger partial charge in [0.15, 0.2) is 0 Å². The van der Waals surface area contributed by atoms with E-state index in [1.165, 1.54) is 0 Å². The molecule has 0 amide bonds. The molecule has 0 fully saturated rings. The molecule has 1 aromatic carbocycles. The van der Waals surface area contributed by atoms with Crippen LogP contribution in [0.2, 0.25) is 0 Å². The minimum absolute atomic E-state index is 0.0893. The summed E-state index contributed by atoms with van der Waals surface area (Å²) in [5.74, 6) is 0.937. The average Bonchev–Trinajstić information content (AvgIpc) is 2.73. The van der Waals surface area contributed by atoms with Gasteiger partial charge in [-0.15, -0.1) is 11.6 Å². The van der Waals surface area contributed by atoms with Crippen LogP contribution >= 0.6 is 27.5 Å². The van der Waals surface area contributed by atoms with Gasteiger partial charge in [-0.1, -0.05) is 15.9 Å². The minimum atomic E-state index is -0.0893. The molecule has 19 heavy (non-hydrogen) atoms. The first-order chi connectivity index (χ1) is 9.13. The number of unbranched alkanes of at least 4 members (excludes halogenated alkanes) is 1. The maximum atomic E-state index is 6.24. The second kappa shape index (κ2) is 6.73. The van der Waals surface area contributed by atoms with Crippen molar-refractivity contribution in [2.45, 2.75) is 31.7 Å². The van der Waals surface area contributed by atoms with Crippen molar-refractivity contribution in [3.63, 3.8) is 0 Å². The van der Waals surface area contributed by atoms with Gasteiger partial charge in [0.25, 0.3) is 0 Å². The lowest BCUT2D eigenvalue weighted by Crippen LogP contribution is -2.05. The highest BCUT2D eigenvalue weighted by Crippen LogP contribution is 2.27. The summed E-state index contributed by atoms with van der Waals surface area (Å²) in [6.07, 6.45) is 2.10. The van der Waals surface area contributed by atoms with Gasteiger partial charge in [0, 0.05) is 24.7 Å². The second-order valence-electron chi connectivity index (χ2n) is 4.57. The van der Waals surface area contributed by atoms with Crippen LogP contribution < -0.4 is 0 Å². The molecule has 5 heteroatoms. The third kappa shape index (κ3) is 3.50. The smallest absolute Gasteiger partial charge is 0.127 e. The molecular weight excluding hydrogens is 328 g/mol. The number of ether oxygens (including phenoxy) is 1. The van der Waals surface area contributed by atoms with Crippen molar-refractivity contribution >= 4 is 38.6 Å². The minimum Gasteiger partial charge on any atom is -0.385 e. The molecule has 1 unspecified atom stereocenters. The number of alkyl halides is 1. The fraction of sp³-hybridized carbons (Fsp3) is 0.500. The molecule has 0 aliphatic heterocycles. The maximum absolute atomic E-state index is 6.24. The molecule has 2 aromatic rings. The highest BCUT2D eigenvalue weighted by Gasteiger charge is 2.14. The summed E-state index contributed by atoms with van der Waals surface area (Å²) in [5, 5.41) is -0.0893. The van der Waals surface area contributed by atoms with Crippen LogP contribution in [-0.2, 0) is 11.3 Å². The first kappa shape index (κ1) is 14.8. The number of aryl methyl sites for hydroxylation is 1. The highest BCUT2D eigenvalue weighted by atomic mass is 79.9. The molecule has 0 spiro atoms. The number of benzene rings is 1. The summed E-state index contributed by atoms with van der Waals surface area (Å²) in [6.45, 7) is 3.67. The summed E-state index contributed by atoms with van der Waals surface area (Å²) in [7, 11) is 1.73. The molecule has 1 aromatic heterocycles. The zero-order valence-corrected chi connectivity index (χ0v) is 13.5. The number of rotatable bonds is 6. The molecule has 3 nitrogen and oxygen atoms in total. The first-order valence-electron chi connectivity index (χ1n) is 6.42. The van der Waals surface area contributed by atoms with Crippen LogP contribution in [0.5, 0.6) is 0 Å². The molecule has 0 N–H and O–H groups in total. The van der Waals surface area contributed by atoms with Crippen LogP contribution in [0.25, 0.3) is 11.0 Å². The van der Waals surface area contributed by atoms with Gasteiger partial charge in [0.2, 0.25) is 0 Å². The van der Waals surface area contributed by atoms with Crippen molar-refractivity contribution in [3.8, 4) is 0 Å². The summed E-state index contributed by atoms with van der Waals surface area (Å²) < 4.78 is 8.36. The lowest BCUT2D eigenvalue weighted by atomic mass is 10.3. The Morgan fingerprint density at radius 3 is 2.89 bits per heavy atom. The van der Waals surface area contributed by atoms with E-state index >= 15 is 0 Å². The normalized spacial score (nSPS) is 13.1. The number of fused-ring (bicyclic) bond motifs is 1. The Balaban J connectivity index is 2.31. The van der Waals surface area contributed by atoms with Gasteiger partial charge < -0.3 is 9.30 Å². The third-order valence-corrected chi connectivity index (χ3v) is 3.76. The molecular formula is C14H18BrClN2O.